The molecule has 25 heavy (non-hydrogen) atoms. The standard InChI is InChI=1S/C18H15ClN2O3S/c1-11(24-18(23)14-5-3-4-6-16(14)25-2)17(22)21-13-8-7-12(10-20)15(19)9-13/h3-9,11H,1-2H3,(H,21,22)/t11-/m1/s1. The number of nitriles is 1. The van der Waals surface area contributed by atoms with Crippen molar-refractivity contribution in [1.29, 1.82) is 5.26 Å². The molecule has 0 aliphatic carbocycles. The third kappa shape index (κ3) is 4.75. The van der Waals surface area contributed by atoms with E-state index in [9.17, 15) is 9.59 Å². The molecule has 128 valence electrons. The lowest BCUT2D eigenvalue weighted by Crippen LogP contribution is -2.30. The van der Waals surface area contributed by atoms with Crippen LogP contribution in [0.3, 0.4) is 0 Å². The van der Waals surface area contributed by atoms with Gasteiger partial charge in [0.05, 0.1) is 16.1 Å². The molecular weight excluding hydrogens is 360 g/mol. The molecule has 7 heteroatoms. The fraction of sp³-hybridized carbons (Fsp3) is 0.167. The summed E-state index contributed by atoms with van der Waals surface area (Å²) in [7, 11) is 0. The maximum absolute atomic E-state index is 12.3. The molecule has 0 spiro atoms. The molecule has 0 unspecified atom stereocenters. The van der Waals surface area contributed by atoms with E-state index in [2.05, 4.69) is 5.32 Å². The van der Waals surface area contributed by atoms with Crippen molar-refractivity contribution < 1.29 is 14.3 Å². The fourth-order valence-electron chi connectivity index (χ4n) is 2.02. The first-order valence-corrected chi connectivity index (χ1v) is 8.91. The number of rotatable bonds is 5. The summed E-state index contributed by atoms with van der Waals surface area (Å²) in [5.41, 5.74) is 1.14. The predicted molar refractivity (Wildman–Crippen MR) is 97.9 cm³/mol. The van der Waals surface area contributed by atoms with Gasteiger partial charge < -0.3 is 10.1 Å². The second-order valence-electron chi connectivity index (χ2n) is 5.04. The Kier molecular flexibility index (Phi) is 6.45. The highest BCUT2D eigenvalue weighted by molar-refractivity contribution is 7.98. The van der Waals surface area contributed by atoms with Gasteiger partial charge in [0.15, 0.2) is 6.10 Å². The first-order valence-electron chi connectivity index (χ1n) is 7.30. The number of hydrogen-bond donors (Lipinski definition) is 1. The van der Waals surface area contributed by atoms with Gasteiger partial charge in [-0.3, -0.25) is 4.79 Å². The normalized spacial score (nSPS) is 11.3. The molecule has 0 aliphatic rings. The van der Waals surface area contributed by atoms with Gasteiger partial charge in [-0.15, -0.1) is 11.8 Å². The number of benzene rings is 2. The van der Waals surface area contributed by atoms with Crippen LogP contribution in [0.5, 0.6) is 0 Å². The van der Waals surface area contributed by atoms with Crippen molar-refractivity contribution in [1.82, 2.24) is 0 Å². The molecule has 0 fully saturated rings. The van der Waals surface area contributed by atoms with Crippen LogP contribution in [0, 0.1) is 11.3 Å². The quantitative estimate of drug-likeness (QED) is 0.629. The van der Waals surface area contributed by atoms with Gasteiger partial charge in [0.1, 0.15) is 6.07 Å². The van der Waals surface area contributed by atoms with Crippen LogP contribution in [0.15, 0.2) is 47.4 Å². The zero-order chi connectivity index (χ0) is 18.4. The topological polar surface area (TPSA) is 79.2 Å². The first-order chi connectivity index (χ1) is 12.0. The van der Waals surface area contributed by atoms with Crippen molar-refractivity contribution >= 4 is 40.9 Å². The lowest BCUT2D eigenvalue weighted by Gasteiger charge is -2.15. The molecule has 1 amide bonds. The van der Waals surface area contributed by atoms with E-state index in [1.54, 1.807) is 18.2 Å². The van der Waals surface area contributed by atoms with Crippen LogP contribution in [0.2, 0.25) is 5.02 Å². The predicted octanol–water partition coefficient (Wildman–Crippen LogP) is 4.12. The molecule has 1 N–H and O–H groups in total. The number of anilines is 1. The Morgan fingerprint density at radius 3 is 2.64 bits per heavy atom. The van der Waals surface area contributed by atoms with Crippen LogP contribution in [0.1, 0.15) is 22.8 Å². The van der Waals surface area contributed by atoms with Crippen molar-refractivity contribution in [2.24, 2.45) is 0 Å². The SMILES string of the molecule is CSc1ccccc1C(=O)O[C@H](C)C(=O)Nc1ccc(C#N)c(Cl)c1. The van der Waals surface area contributed by atoms with E-state index in [1.165, 1.54) is 30.8 Å². The molecule has 5 nitrogen and oxygen atoms in total. The Morgan fingerprint density at radius 1 is 1.28 bits per heavy atom. The summed E-state index contributed by atoms with van der Waals surface area (Å²) in [5.74, 6) is -1.05. The minimum atomic E-state index is -0.989. The highest BCUT2D eigenvalue weighted by Crippen LogP contribution is 2.22. The molecule has 0 aliphatic heterocycles. The lowest BCUT2D eigenvalue weighted by molar-refractivity contribution is -0.123. The van der Waals surface area contributed by atoms with E-state index >= 15 is 0 Å². The van der Waals surface area contributed by atoms with Gasteiger partial charge in [0, 0.05) is 10.6 Å². The first kappa shape index (κ1) is 18.8. The maximum atomic E-state index is 12.3. The van der Waals surface area contributed by atoms with Crippen LogP contribution >= 0.6 is 23.4 Å². The Hall–Kier alpha value is -2.49. The van der Waals surface area contributed by atoms with Crippen LogP contribution in [-0.4, -0.2) is 24.2 Å². The number of hydrogen-bond acceptors (Lipinski definition) is 5. The number of carbonyl (C=O) groups is 2. The van der Waals surface area contributed by atoms with E-state index in [1.807, 2.05) is 24.5 Å². The van der Waals surface area contributed by atoms with E-state index in [0.29, 0.717) is 16.8 Å². The average Bonchev–Trinajstić information content (AvgIpc) is 2.61. The van der Waals surface area contributed by atoms with Crippen molar-refractivity contribution in [3.63, 3.8) is 0 Å². The Morgan fingerprint density at radius 2 is 2.00 bits per heavy atom. The highest BCUT2D eigenvalue weighted by atomic mass is 35.5. The molecular formula is C18H15ClN2O3S. The van der Waals surface area contributed by atoms with Gasteiger partial charge in [-0.05, 0) is 43.5 Å². The summed E-state index contributed by atoms with van der Waals surface area (Å²) in [4.78, 5) is 25.2. The molecule has 0 saturated heterocycles. The number of ether oxygens (including phenoxy) is 1. The van der Waals surface area contributed by atoms with Gasteiger partial charge in [-0.25, -0.2) is 4.79 Å². The number of amides is 1. The number of esters is 1. The van der Waals surface area contributed by atoms with Crippen LogP contribution in [-0.2, 0) is 9.53 Å². The van der Waals surface area contributed by atoms with Crippen molar-refractivity contribution in [3.8, 4) is 6.07 Å². The minimum absolute atomic E-state index is 0.235. The third-order valence-corrected chi connectivity index (χ3v) is 4.45. The summed E-state index contributed by atoms with van der Waals surface area (Å²) in [5, 5.41) is 11.7. The lowest BCUT2D eigenvalue weighted by atomic mass is 10.2. The van der Waals surface area contributed by atoms with Gasteiger partial charge >= 0.3 is 5.97 Å². The van der Waals surface area contributed by atoms with E-state index in [-0.39, 0.29) is 5.02 Å². The molecule has 0 saturated carbocycles. The maximum Gasteiger partial charge on any atom is 0.340 e. The summed E-state index contributed by atoms with van der Waals surface area (Å²) < 4.78 is 5.24. The largest absolute Gasteiger partial charge is 0.449 e. The van der Waals surface area contributed by atoms with Crippen LogP contribution < -0.4 is 5.32 Å². The van der Waals surface area contributed by atoms with E-state index in [4.69, 9.17) is 21.6 Å². The monoisotopic (exact) mass is 374 g/mol. The molecule has 2 rings (SSSR count). The second kappa shape index (κ2) is 8.56. The molecule has 0 radical (unpaired) electrons. The highest BCUT2D eigenvalue weighted by Gasteiger charge is 2.21. The van der Waals surface area contributed by atoms with E-state index < -0.39 is 18.0 Å². The minimum Gasteiger partial charge on any atom is -0.449 e. The number of nitrogens with zero attached hydrogens (tertiary/aromatic N) is 1. The molecule has 2 aromatic carbocycles. The number of thioether (sulfide) groups is 1. The number of halogens is 1. The Bertz CT molecular complexity index is 848. The Balaban J connectivity index is 2.04. The molecule has 2 aromatic rings. The second-order valence-corrected chi connectivity index (χ2v) is 6.30. The summed E-state index contributed by atoms with van der Waals surface area (Å²) in [6.45, 7) is 1.49. The fourth-order valence-corrected chi connectivity index (χ4v) is 2.83. The summed E-state index contributed by atoms with van der Waals surface area (Å²) >= 11 is 7.35. The zero-order valence-electron chi connectivity index (χ0n) is 13.6. The van der Waals surface area contributed by atoms with Gasteiger partial charge in [-0.1, -0.05) is 23.7 Å². The average molecular weight is 375 g/mol. The van der Waals surface area contributed by atoms with Crippen LogP contribution in [0.25, 0.3) is 0 Å². The zero-order valence-corrected chi connectivity index (χ0v) is 15.1. The molecule has 0 bridgehead atoms. The number of carbonyl (C=O) groups excluding carboxylic acids is 2. The van der Waals surface area contributed by atoms with Gasteiger partial charge in [0.2, 0.25) is 0 Å². The van der Waals surface area contributed by atoms with Gasteiger partial charge in [-0.2, -0.15) is 5.26 Å². The van der Waals surface area contributed by atoms with Gasteiger partial charge in [0.25, 0.3) is 5.91 Å². The number of nitrogens with one attached hydrogen (secondary N) is 1. The van der Waals surface area contributed by atoms with E-state index in [0.717, 1.165) is 4.90 Å². The summed E-state index contributed by atoms with van der Waals surface area (Å²) in [6.07, 6.45) is 0.869. The Labute approximate surface area is 154 Å². The third-order valence-electron chi connectivity index (χ3n) is 3.34. The molecule has 0 heterocycles. The molecule has 0 aromatic heterocycles. The van der Waals surface area contributed by atoms with Crippen molar-refractivity contribution in [2.75, 3.05) is 11.6 Å². The van der Waals surface area contributed by atoms with Crippen LogP contribution in [0.4, 0.5) is 5.69 Å². The summed E-state index contributed by atoms with van der Waals surface area (Å²) in [6, 6.07) is 13.5. The van der Waals surface area contributed by atoms with Crippen molar-refractivity contribution in [2.45, 2.75) is 17.9 Å². The smallest absolute Gasteiger partial charge is 0.340 e. The van der Waals surface area contributed by atoms with Crippen molar-refractivity contribution in [3.05, 3.63) is 58.6 Å². The molecule has 1 atom stereocenters.